The topological polar surface area (TPSA) is 127 Å². The highest BCUT2D eigenvalue weighted by Gasteiger charge is 2.46. The van der Waals surface area contributed by atoms with Crippen LogP contribution in [0.15, 0.2) is 60.7 Å². The van der Waals surface area contributed by atoms with E-state index in [-0.39, 0.29) is 38.9 Å². The molecule has 0 unspecified atom stereocenters. The maximum absolute atomic E-state index is 14.2. The van der Waals surface area contributed by atoms with Crippen molar-refractivity contribution in [3.8, 4) is 0 Å². The first-order valence-electron chi connectivity index (χ1n) is 17.9. The van der Waals surface area contributed by atoms with Gasteiger partial charge in [-0.25, -0.2) is 18.5 Å². The van der Waals surface area contributed by atoms with Crippen molar-refractivity contribution in [2.45, 2.75) is 103 Å². The first kappa shape index (κ1) is 44.5. The van der Waals surface area contributed by atoms with Gasteiger partial charge in [0.25, 0.3) is 20.1 Å². The minimum atomic E-state index is -5.20. The molecule has 0 aliphatic rings. The molecule has 2 amide bonds. The molecule has 0 heterocycles. The van der Waals surface area contributed by atoms with E-state index in [1.807, 2.05) is 74.5 Å². The Morgan fingerprint density at radius 1 is 0.627 bits per heavy atom. The fourth-order valence-electron chi connectivity index (χ4n) is 5.29. The van der Waals surface area contributed by atoms with Gasteiger partial charge in [-0.15, -0.1) is 0 Å². The summed E-state index contributed by atoms with van der Waals surface area (Å²) in [6, 6.07) is 15.6. The molecular formula is C38H56N2O8S3. The molecule has 0 N–H and O–H groups in total. The number of hydrogen-bond acceptors (Lipinski definition) is 10. The second-order valence-corrected chi connectivity index (χ2v) is 16.0. The third kappa shape index (κ3) is 15.4. The summed E-state index contributed by atoms with van der Waals surface area (Å²) in [5, 5.41) is -1.05. The van der Waals surface area contributed by atoms with Gasteiger partial charge in [-0.1, -0.05) is 100 Å². The van der Waals surface area contributed by atoms with E-state index < -0.39 is 44.0 Å². The van der Waals surface area contributed by atoms with E-state index in [1.54, 1.807) is 12.5 Å². The zero-order valence-electron chi connectivity index (χ0n) is 30.6. The van der Waals surface area contributed by atoms with Crippen LogP contribution in [0.5, 0.6) is 0 Å². The van der Waals surface area contributed by atoms with Crippen molar-refractivity contribution >= 4 is 55.4 Å². The Hall–Kier alpha value is -2.71. The molecule has 0 saturated heterocycles. The van der Waals surface area contributed by atoms with Gasteiger partial charge >= 0.3 is 0 Å². The number of carbonyl (C=O) groups is 4. The number of nitrogens with zero attached hydrogens (tertiary/aromatic N) is 2. The largest absolute Gasteiger partial charge is 0.279 e. The van der Waals surface area contributed by atoms with Crippen LogP contribution in [0.25, 0.3) is 0 Å². The average molecular weight is 765 g/mol. The number of carbonyl (C=O) groups excluding carboxylic acids is 4. The minimum Gasteiger partial charge on any atom is -0.279 e. The third-order valence-electron chi connectivity index (χ3n) is 8.22. The molecule has 0 bridgehead atoms. The predicted molar refractivity (Wildman–Crippen MR) is 207 cm³/mol. The van der Waals surface area contributed by atoms with Crippen LogP contribution in [-0.4, -0.2) is 89.9 Å². The van der Waals surface area contributed by atoms with Gasteiger partial charge in [-0.05, 0) is 73.7 Å². The van der Waals surface area contributed by atoms with Gasteiger partial charge in [0.2, 0.25) is 11.8 Å². The van der Waals surface area contributed by atoms with E-state index in [0.717, 1.165) is 46.9 Å². The molecule has 2 atom stereocenters. The Balaban J connectivity index is 2.46. The molecular weight excluding hydrogens is 709 g/mol. The smallest absolute Gasteiger partial charge is 0.279 e. The Morgan fingerprint density at radius 3 is 1.33 bits per heavy atom. The summed E-state index contributed by atoms with van der Waals surface area (Å²) in [5.41, 5.74) is 1.80. The van der Waals surface area contributed by atoms with Crippen molar-refractivity contribution in [1.82, 2.24) is 10.1 Å². The van der Waals surface area contributed by atoms with E-state index in [0.29, 0.717) is 37.2 Å². The van der Waals surface area contributed by atoms with Crippen LogP contribution in [-0.2, 0) is 51.5 Å². The van der Waals surface area contributed by atoms with Crippen LogP contribution in [0.1, 0.15) is 89.2 Å². The van der Waals surface area contributed by atoms with E-state index in [4.69, 9.17) is 9.68 Å². The summed E-state index contributed by atoms with van der Waals surface area (Å²) in [5.74, 6) is -0.426. The van der Waals surface area contributed by atoms with Crippen LogP contribution < -0.4 is 0 Å². The van der Waals surface area contributed by atoms with Crippen molar-refractivity contribution in [1.29, 1.82) is 0 Å². The molecule has 10 nitrogen and oxygen atoms in total. The van der Waals surface area contributed by atoms with Crippen LogP contribution >= 0.6 is 23.5 Å². The highest BCUT2D eigenvalue weighted by Crippen LogP contribution is 2.22. The van der Waals surface area contributed by atoms with Gasteiger partial charge in [0.1, 0.15) is 12.1 Å². The number of benzene rings is 2. The van der Waals surface area contributed by atoms with Gasteiger partial charge in [0, 0.05) is 12.8 Å². The van der Waals surface area contributed by atoms with E-state index >= 15 is 0 Å². The summed E-state index contributed by atoms with van der Waals surface area (Å²) in [7, 11) is -5.20. The molecule has 0 saturated carbocycles. The lowest BCUT2D eigenvalue weighted by Crippen LogP contribution is -2.53. The van der Waals surface area contributed by atoms with Crippen LogP contribution in [0.4, 0.5) is 0 Å². The monoisotopic (exact) mass is 764 g/mol. The maximum atomic E-state index is 14.2. The number of amides is 2. The predicted octanol–water partition coefficient (Wildman–Crippen LogP) is 6.86. The van der Waals surface area contributed by atoms with Crippen molar-refractivity contribution in [2.75, 3.05) is 37.2 Å². The number of rotatable bonds is 26. The molecule has 0 aliphatic carbocycles. The molecule has 2 aromatic carbocycles. The second-order valence-electron chi connectivity index (χ2n) is 12.2. The number of thioether (sulfide) groups is 2. The summed E-state index contributed by atoms with van der Waals surface area (Å²) in [6.45, 7) is 4.24. The number of unbranched alkanes of at least 4 members (excludes halogenated alkanes) is 4. The van der Waals surface area contributed by atoms with Gasteiger partial charge in [0.05, 0.1) is 13.2 Å². The SMILES string of the molecule is CCCCCON(C(=O)CCc1ccccc1)[C@@H](CCSC)C(=O)S(=O)(=O)C(=O)[C@H](CCSC)N(OCCCCC)C(=O)CCc1ccccc1. The normalized spacial score (nSPS) is 12.6. The molecule has 284 valence electrons. The number of hydrogen-bond donors (Lipinski definition) is 0. The van der Waals surface area contributed by atoms with Crippen LogP contribution in [0.2, 0.25) is 0 Å². The lowest BCUT2D eigenvalue weighted by molar-refractivity contribution is -0.201. The number of aryl methyl sites for hydroxylation is 2. The van der Waals surface area contributed by atoms with Gasteiger partial charge in [-0.2, -0.15) is 23.5 Å². The lowest BCUT2D eigenvalue weighted by Gasteiger charge is -2.31. The number of sulfone groups is 1. The quantitative estimate of drug-likeness (QED) is 0.0741. The van der Waals surface area contributed by atoms with Crippen molar-refractivity contribution in [2.24, 2.45) is 0 Å². The van der Waals surface area contributed by atoms with E-state index in [2.05, 4.69) is 0 Å². The highest BCUT2D eigenvalue weighted by molar-refractivity contribution is 8.19. The molecule has 0 spiro atoms. The highest BCUT2D eigenvalue weighted by atomic mass is 32.2. The Kier molecular flexibility index (Phi) is 22.0. The Bertz CT molecular complexity index is 1330. The first-order valence-corrected chi connectivity index (χ1v) is 22.2. The summed E-state index contributed by atoms with van der Waals surface area (Å²) in [6.07, 6.45) is 8.79. The zero-order valence-corrected chi connectivity index (χ0v) is 33.1. The van der Waals surface area contributed by atoms with Crippen LogP contribution in [0.3, 0.4) is 0 Å². The van der Waals surface area contributed by atoms with Crippen molar-refractivity contribution in [3.63, 3.8) is 0 Å². The van der Waals surface area contributed by atoms with Gasteiger partial charge < -0.3 is 0 Å². The summed E-state index contributed by atoms with van der Waals surface area (Å²) < 4.78 is 28.2. The Labute approximate surface area is 313 Å². The maximum Gasteiger partial charge on any atom is 0.279 e. The zero-order chi connectivity index (χ0) is 37.5. The molecule has 0 fully saturated rings. The van der Waals surface area contributed by atoms with Gasteiger partial charge in [-0.3, -0.25) is 28.9 Å². The standard InChI is InChI=1S/C38H56N2O8S3/c1-5-7-15-27-47-39(35(41)23-21-31-17-11-9-12-18-31)33(25-29-49-3)37(43)51(45,46)38(44)34(26-30-50-4)40(48-28-16-8-6-2)36(42)24-22-32-19-13-10-14-20-32/h9-14,17-20,33-34H,5-8,15-16,21-30H2,1-4H3/t33-,34-/m0/s1. The molecule has 2 aromatic rings. The lowest BCUT2D eigenvalue weighted by atomic mass is 10.1. The van der Waals surface area contributed by atoms with Crippen molar-refractivity contribution < 1.29 is 37.3 Å². The number of hydroxylamine groups is 4. The second kappa shape index (κ2) is 25.3. The molecule has 13 heteroatoms. The Morgan fingerprint density at radius 2 is 1.00 bits per heavy atom. The third-order valence-corrected chi connectivity index (χ3v) is 11.1. The fraction of sp³-hybridized carbons (Fsp3) is 0.579. The molecule has 51 heavy (non-hydrogen) atoms. The fourth-order valence-corrected chi connectivity index (χ4v) is 7.55. The van der Waals surface area contributed by atoms with E-state index in [1.165, 1.54) is 23.5 Å². The summed E-state index contributed by atoms with van der Waals surface area (Å²) >= 11 is 2.76. The minimum absolute atomic E-state index is 0.0273. The molecule has 0 radical (unpaired) electrons. The van der Waals surface area contributed by atoms with Gasteiger partial charge in [0.15, 0.2) is 0 Å². The molecule has 2 rings (SSSR count). The average Bonchev–Trinajstić information content (AvgIpc) is 3.15. The van der Waals surface area contributed by atoms with Crippen LogP contribution in [0, 0.1) is 0 Å². The molecule has 0 aromatic heterocycles. The summed E-state index contributed by atoms with van der Waals surface area (Å²) in [4.78, 5) is 67.5. The first-order chi connectivity index (χ1) is 24.6. The molecule has 0 aliphatic heterocycles. The van der Waals surface area contributed by atoms with E-state index in [9.17, 15) is 27.6 Å². The van der Waals surface area contributed by atoms with Crippen molar-refractivity contribution in [3.05, 3.63) is 71.8 Å².